The van der Waals surface area contributed by atoms with Gasteiger partial charge in [0.15, 0.2) is 0 Å². The van der Waals surface area contributed by atoms with Crippen molar-refractivity contribution < 1.29 is 24.0 Å². The minimum atomic E-state index is -1.06. The van der Waals surface area contributed by atoms with Crippen molar-refractivity contribution in [1.29, 1.82) is 0 Å². The fraction of sp³-hybridized carbons (Fsp3) is 0.286. The normalized spacial score (nSPS) is 16.1. The van der Waals surface area contributed by atoms with Gasteiger partial charge in [0, 0.05) is 35.7 Å². The number of thioether (sulfide) groups is 1. The van der Waals surface area contributed by atoms with E-state index in [0.717, 1.165) is 27.6 Å². The summed E-state index contributed by atoms with van der Waals surface area (Å²) in [5.74, 6) is -2.24. The molecule has 0 unspecified atom stereocenters. The molecular formula is C35H39N7O5S. The number of para-hydroxylation sites is 1. The molecule has 12 nitrogen and oxygen atoms in total. The number of primary amides is 1. The molecule has 13 heteroatoms. The third kappa shape index (κ3) is 8.81. The molecule has 0 radical (unpaired) electrons. The summed E-state index contributed by atoms with van der Waals surface area (Å²) in [6.45, 7) is -0.393. The Balaban J connectivity index is 1.33. The Morgan fingerprint density at radius 3 is 2.15 bits per heavy atom. The zero-order valence-corrected chi connectivity index (χ0v) is 27.1. The van der Waals surface area contributed by atoms with Crippen LogP contribution in [0.25, 0.3) is 10.9 Å². The van der Waals surface area contributed by atoms with Gasteiger partial charge in [-0.25, -0.2) is 0 Å². The van der Waals surface area contributed by atoms with Crippen LogP contribution in [-0.2, 0) is 43.2 Å². The van der Waals surface area contributed by atoms with Gasteiger partial charge in [-0.3, -0.25) is 24.0 Å². The number of amides is 5. The van der Waals surface area contributed by atoms with Gasteiger partial charge in [-0.05, 0) is 29.2 Å². The van der Waals surface area contributed by atoms with Crippen molar-refractivity contribution in [3.63, 3.8) is 0 Å². The van der Waals surface area contributed by atoms with Crippen LogP contribution in [0.3, 0.4) is 0 Å². The predicted octanol–water partition coefficient (Wildman–Crippen LogP) is 0.996. The number of nitrogens with zero attached hydrogens (tertiary/aromatic N) is 1. The number of hydrogen-bond acceptors (Lipinski definition) is 7. The molecule has 0 spiro atoms. The van der Waals surface area contributed by atoms with E-state index in [1.54, 1.807) is 6.20 Å². The first-order valence-corrected chi connectivity index (χ1v) is 16.8. The third-order valence-corrected chi connectivity index (χ3v) is 9.18. The number of rotatable bonds is 14. The number of nitrogens with two attached hydrogens (primary N) is 2. The first kappa shape index (κ1) is 34.2. The molecule has 5 rings (SSSR count). The number of carbonyl (C=O) groups excluding carboxylic acids is 5. The number of H-pyrrole nitrogens is 1. The Hall–Kier alpha value is -5.14. The molecule has 4 aromatic rings. The molecule has 8 N–H and O–H groups in total. The first-order chi connectivity index (χ1) is 23.2. The van der Waals surface area contributed by atoms with E-state index in [-0.39, 0.29) is 18.7 Å². The van der Waals surface area contributed by atoms with Crippen molar-refractivity contribution in [3.05, 3.63) is 108 Å². The van der Waals surface area contributed by atoms with Crippen molar-refractivity contribution in [3.8, 4) is 0 Å². The van der Waals surface area contributed by atoms with E-state index in [1.165, 1.54) is 16.7 Å². The van der Waals surface area contributed by atoms with Gasteiger partial charge >= 0.3 is 0 Å². The van der Waals surface area contributed by atoms with Gasteiger partial charge in [-0.15, -0.1) is 11.8 Å². The summed E-state index contributed by atoms with van der Waals surface area (Å²) in [5, 5.41) is 9.03. The number of fused-ring (bicyclic) bond motifs is 1. The highest BCUT2D eigenvalue weighted by molar-refractivity contribution is 7.99. The highest BCUT2D eigenvalue weighted by atomic mass is 32.2. The molecule has 1 fully saturated rings. The Morgan fingerprint density at radius 2 is 1.46 bits per heavy atom. The maximum absolute atomic E-state index is 14.1. The average molecular weight is 670 g/mol. The van der Waals surface area contributed by atoms with Gasteiger partial charge in [0.1, 0.15) is 18.1 Å². The topological polar surface area (TPSA) is 193 Å². The lowest BCUT2D eigenvalue weighted by atomic mass is 10.0. The molecule has 250 valence electrons. The van der Waals surface area contributed by atoms with Crippen molar-refractivity contribution in [2.75, 3.05) is 18.2 Å². The number of nitrogens with one attached hydrogen (secondary N) is 4. The maximum atomic E-state index is 14.1. The maximum Gasteiger partial charge on any atom is 0.246 e. The summed E-state index contributed by atoms with van der Waals surface area (Å²) in [7, 11) is 0. The third-order valence-electron chi connectivity index (χ3n) is 8.17. The Labute approximate surface area is 282 Å². The van der Waals surface area contributed by atoms with Gasteiger partial charge in [0.05, 0.1) is 18.5 Å². The van der Waals surface area contributed by atoms with E-state index >= 15 is 0 Å². The molecule has 5 amide bonds. The number of aromatic amines is 1. The first-order valence-electron chi connectivity index (χ1n) is 15.6. The highest BCUT2D eigenvalue weighted by Crippen LogP contribution is 2.24. The van der Waals surface area contributed by atoms with Gasteiger partial charge in [0.2, 0.25) is 29.5 Å². The molecular weight excluding hydrogens is 630 g/mol. The van der Waals surface area contributed by atoms with Crippen molar-refractivity contribution in [1.82, 2.24) is 25.8 Å². The van der Waals surface area contributed by atoms with Crippen LogP contribution in [0.4, 0.5) is 0 Å². The second kappa shape index (κ2) is 16.1. The van der Waals surface area contributed by atoms with Crippen LogP contribution in [0.5, 0.6) is 0 Å². The second-order valence-corrected chi connectivity index (χ2v) is 12.7. The summed E-state index contributed by atoms with van der Waals surface area (Å²) in [6, 6.07) is 22.3. The SMILES string of the molecule is NC(=O)CNC(=O)[C@H](Cc1c[nH]c2ccccc12)NC(=O)[C@@H]1CSCN1C(=O)[C@H](Cc1ccccc1)NC(=O)[C@@H](N)Cc1ccccc1. The molecule has 2 heterocycles. The Kier molecular flexibility index (Phi) is 11.5. The van der Waals surface area contributed by atoms with Gasteiger partial charge < -0.3 is 37.3 Å². The number of aromatic nitrogens is 1. The highest BCUT2D eigenvalue weighted by Gasteiger charge is 2.40. The molecule has 1 aliphatic rings. The number of benzene rings is 3. The lowest BCUT2D eigenvalue weighted by molar-refractivity contribution is -0.141. The molecule has 3 aromatic carbocycles. The smallest absolute Gasteiger partial charge is 0.246 e. The van der Waals surface area contributed by atoms with Gasteiger partial charge in [-0.1, -0.05) is 78.9 Å². The van der Waals surface area contributed by atoms with Crippen LogP contribution >= 0.6 is 11.8 Å². The van der Waals surface area contributed by atoms with Crippen LogP contribution in [-0.4, -0.2) is 81.8 Å². The Morgan fingerprint density at radius 1 is 0.812 bits per heavy atom. The molecule has 48 heavy (non-hydrogen) atoms. The lowest BCUT2D eigenvalue weighted by Gasteiger charge is -2.30. The van der Waals surface area contributed by atoms with Crippen LogP contribution in [0.1, 0.15) is 16.7 Å². The summed E-state index contributed by atoms with van der Waals surface area (Å²) in [6.07, 6.45) is 2.38. The summed E-state index contributed by atoms with van der Waals surface area (Å²) < 4.78 is 0. The van der Waals surface area contributed by atoms with Crippen LogP contribution in [0.2, 0.25) is 0 Å². The largest absolute Gasteiger partial charge is 0.368 e. The molecule has 1 saturated heterocycles. The fourth-order valence-electron chi connectivity index (χ4n) is 5.66. The fourth-order valence-corrected chi connectivity index (χ4v) is 6.83. The van der Waals surface area contributed by atoms with Crippen molar-refractivity contribution in [2.24, 2.45) is 11.5 Å². The van der Waals surface area contributed by atoms with Crippen LogP contribution in [0.15, 0.2) is 91.1 Å². The monoisotopic (exact) mass is 669 g/mol. The summed E-state index contributed by atoms with van der Waals surface area (Å²) >= 11 is 1.39. The molecule has 1 aromatic heterocycles. The van der Waals surface area contributed by atoms with Gasteiger partial charge in [0.25, 0.3) is 0 Å². The van der Waals surface area contributed by atoms with E-state index in [2.05, 4.69) is 20.9 Å². The molecule has 1 aliphatic heterocycles. The minimum absolute atomic E-state index is 0.125. The van der Waals surface area contributed by atoms with Crippen LogP contribution < -0.4 is 27.4 Å². The molecule has 4 atom stereocenters. The van der Waals surface area contributed by atoms with E-state index in [9.17, 15) is 24.0 Å². The number of hydrogen-bond donors (Lipinski definition) is 6. The molecule has 0 saturated carbocycles. The second-order valence-electron chi connectivity index (χ2n) is 11.7. The molecule has 0 aliphatic carbocycles. The Bertz CT molecular complexity index is 1750. The minimum Gasteiger partial charge on any atom is -0.368 e. The van der Waals surface area contributed by atoms with Crippen LogP contribution in [0, 0.1) is 0 Å². The molecule has 0 bridgehead atoms. The average Bonchev–Trinajstić information content (AvgIpc) is 3.75. The lowest BCUT2D eigenvalue weighted by Crippen LogP contribution is -2.59. The zero-order chi connectivity index (χ0) is 34.0. The van der Waals surface area contributed by atoms with E-state index in [4.69, 9.17) is 11.5 Å². The van der Waals surface area contributed by atoms with Crippen molar-refractivity contribution >= 4 is 52.2 Å². The van der Waals surface area contributed by atoms with E-state index in [1.807, 2.05) is 84.9 Å². The number of carbonyl (C=O) groups is 5. The van der Waals surface area contributed by atoms with Crippen molar-refractivity contribution in [2.45, 2.75) is 43.4 Å². The van der Waals surface area contributed by atoms with Gasteiger partial charge in [-0.2, -0.15) is 0 Å². The predicted molar refractivity (Wildman–Crippen MR) is 184 cm³/mol. The summed E-state index contributed by atoms with van der Waals surface area (Å²) in [5.41, 5.74) is 14.9. The zero-order valence-electron chi connectivity index (χ0n) is 26.3. The van der Waals surface area contributed by atoms with E-state index in [0.29, 0.717) is 12.2 Å². The summed E-state index contributed by atoms with van der Waals surface area (Å²) in [4.78, 5) is 70.4. The quantitative estimate of drug-likeness (QED) is 0.115. The van der Waals surface area contributed by atoms with E-state index < -0.39 is 60.2 Å². The standard InChI is InChI=1S/C35H39N7O5S/c36-26(15-22-9-3-1-4-10-22)32(44)41-29(16-23-11-5-2-6-12-23)35(47)42-21-48-20-30(42)34(46)40-28(33(45)39-19-31(37)43)17-24-18-38-27-14-8-7-13-25(24)27/h1-14,18,26,28-30,38H,15-17,19-21,36H2,(H2,37,43)(H,39,45)(H,40,46)(H,41,44)/t26-,28-,29-,30-/m0/s1.